The highest BCUT2D eigenvalue weighted by molar-refractivity contribution is 3.24. The molecule has 0 aliphatic carbocycles. The predicted octanol–water partition coefficient (Wildman–Crippen LogP) is -0.529. The van der Waals surface area contributed by atoms with Crippen LogP contribution >= 0.6 is 0 Å². The molecule has 0 saturated carbocycles. The molecule has 5 heteroatoms. The second-order valence-electron chi connectivity index (χ2n) is 0.334. The van der Waals surface area contributed by atoms with Crippen LogP contribution in [0.15, 0.2) is 0 Å². The summed E-state index contributed by atoms with van der Waals surface area (Å²) in [4.78, 5) is 2.69. The van der Waals surface area contributed by atoms with E-state index < -0.39 is 5.39 Å². The van der Waals surface area contributed by atoms with Crippen molar-refractivity contribution in [1.82, 2.24) is 5.39 Å². The van der Waals surface area contributed by atoms with Crippen molar-refractivity contribution < 1.29 is 20.7 Å². The van der Waals surface area contributed by atoms with E-state index in [0.29, 0.717) is 0 Å². The van der Waals surface area contributed by atoms with E-state index in [-0.39, 0.29) is 0 Å². The molecular formula is H3NO4. The molecule has 5 nitrogen and oxygen atoms in total. The maximum absolute atomic E-state index is 7.28. The largest absolute Gasteiger partial charge is 0.264 e. The van der Waals surface area contributed by atoms with E-state index in [2.05, 4.69) is 4.99 Å². The van der Waals surface area contributed by atoms with E-state index in [1.807, 2.05) is 0 Å². The molecular weight excluding hydrogens is 78.0 g/mol. The zero-order valence-corrected chi connectivity index (χ0v) is 2.20. The molecule has 0 aliphatic rings. The lowest BCUT2D eigenvalue weighted by Gasteiger charge is -1.92. The standard InChI is InChI=1S/H3NO4/c2-1(3)5-4/h2-4H. The molecule has 0 fully saturated rings. The topological polar surface area (TPSA) is 73.2 Å². The van der Waals surface area contributed by atoms with Crippen LogP contribution in [0.2, 0.25) is 0 Å². The Bertz CT molecular complexity index is 17.6. The van der Waals surface area contributed by atoms with Crippen molar-refractivity contribution in [3.05, 3.63) is 0 Å². The molecule has 0 aromatic rings. The molecule has 0 spiro atoms. The molecule has 0 rings (SSSR count). The first kappa shape index (κ1) is 4.80. The summed E-state index contributed by atoms with van der Waals surface area (Å²) >= 11 is 0. The zero-order valence-electron chi connectivity index (χ0n) is 2.20. The molecule has 0 atom stereocenters. The van der Waals surface area contributed by atoms with Gasteiger partial charge in [-0.25, -0.2) is 5.26 Å². The van der Waals surface area contributed by atoms with Crippen LogP contribution in [0.1, 0.15) is 0 Å². The van der Waals surface area contributed by atoms with Crippen molar-refractivity contribution in [3.8, 4) is 0 Å². The Labute approximate surface area is 27.4 Å². The molecule has 0 heterocycles. The first-order valence-corrected chi connectivity index (χ1v) is 0.765. The highest BCUT2D eigenvalue weighted by Crippen LogP contribution is 1.61. The lowest BCUT2D eigenvalue weighted by molar-refractivity contribution is -0.594. The Hall–Kier alpha value is -0.200. The molecule has 0 aliphatic heterocycles. The van der Waals surface area contributed by atoms with Gasteiger partial charge in [0.15, 0.2) is 0 Å². The van der Waals surface area contributed by atoms with Gasteiger partial charge in [0, 0.05) is 0 Å². The summed E-state index contributed by atoms with van der Waals surface area (Å²) in [6.07, 6.45) is 0. The van der Waals surface area contributed by atoms with Crippen LogP contribution in [0, 0.1) is 0 Å². The summed E-state index contributed by atoms with van der Waals surface area (Å²) in [6, 6.07) is 0. The Morgan fingerprint density at radius 2 is 1.60 bits per heavy atom. The van der Waals surface area contributed by atoms with Crippen molar-refractivity contribution in [2.24, 2.45) is 0 Å². The first-order valence-electron chi connectivity index (χ1n) is 0.765. The van der Waals surface area contributed by atoms with E-state index in [0.717, 1.165) is 0 Å². The third-order valence-corrected chi connectivity index (χ3v) is 0.0730. The van der Waals surface area contributed by atoms with Gasteiger partial charge in [0.2, 0.25) is 0 Å². The number of nitrogens with zero attached hydrogens (tertiary/aromatic N) is 1. The molecule has 0 unspecified atom stereocenters. The molecule has 0 radical (unpaired) electrons. The monoisotopic (exact) mass is 81.0 g/mol. The molecule has 0 amide bonds. The van der Waals surface area contributed by atoms with Gasteiger partial charge >= 0.3 is 0 Å². The first-order chi connectivity index (χ1) is 2.27. The lowest BCUT2D eigenvalue weighted by Crippen LogP contribution is -2.10. The average Bonchev–Trinajstić information content (AvgIpc) is 1.38. The van der Waals surface area contributed by atoms with Crippen LogP contribution in [-0.4, -0.2) is 21.1 Å². The van der Waals surface area contributed by atoms with Gasteiger partial charge in [-0.1, -0.05) is 4.99 Å². The quantitative estimate of drug-likeness (QED) is 0.292. The van der Waals surface area contributed by atoms with Crippen LogP contribution in [0.5, 0.6) is 0 Å². The van der Waals surface area contributed by atoms with Gasteiger partial charge in [0.05, 0.1) is 0 Å². The minimum Gasteiger partial charge on any atom is -0.264 e. The van der Waals surface area contributed by atoms with E-state index in [4.69, 9.17) is 15.7 Å². The normalized spacial score (nSPS) is 9.60. The fraction of sp³-hybridized carbons (Fsp3) is 0. The van der Waals surface area contributed by atoms with Gasteiger partial charge in [-0.05, 0) is 0 Å². The Morgan fingerprint density at radius 1 is 1.40 bits per heavy atom. The van der Waals surface area contributed by atoms with Crippen LogP contribution in [0.4, 0.5) is 0 Å². The lowest BCUT2D eigenvalue weighted by atomic mass is 13.0. The summed E-state index contributed by atoms with van der Waals surface area (Å²) < 4.78 is 0. The Balaban J connectivity index is 2.54. The van der Waals surface area contributed by atoms with Crippen molar-refractivity contribution in [1.29, 1.82) is 0 Å². The molecule has 0 bridgehead atoms. The minimum absolute atomic E-state index is 0.819. The maximum Gasteiger partial charge on any atom is 0.101 e. The third kappa shape index (κ3) is 3.80. The van der Waals surface area contributed by atoms with Gasteiger partial charge in [-0.15, -0.1) is 0 Å². The second-order valence-corrected chi connectivity index (χ2v) is 0.334. The smallest absolute Gasteiger partial charge is 0.101 e. The predicted molar refractivity (Wildman–Crippen MR) is 9.13 cm³/mol. The number of rotatable bonds is 1. The molecule has 0 saturated heterocycles. The second kappa shape index (κ2) is 2.06. The summed E-state index contributed by atoms with van der Waals surface area (Å²) in [5, 5.41) is 20.8. The van der Waals surface area contributed by atoms with E-state index >= 15 is 0 Å². The number of hydrogen-bond donors (Lipinski definition) is 3. The molecule has 5 heavy (non-hydrogen) atoms. The molecule has 0 aromatic carbocycles. The van der Waals surface area contributed by atoms with Crippen molar-refractivity contribution in [3.63, 3.8) is 0 Å². The summed E-state index contributed by atoms with van der Waals surface area (Å²) in [5.41, 5.74) is 0. The van der Waals surface area contributed by atoms with E-state index in [1.165, 1.54) is 0 Å². The van der Waals surface area contributed by atoms with Crippen molar-refractivity contribution in [2.75, 3.05) is 0 Å². The van der Waals surface area contributed by atoms with Gasteiger partial charge < -0.3 is 0 Å². The minimum atomic E-state index is -0.819. The summed E-state index contributed by atoms with van der Waals surface area (Å²) in [5.74, 6) is 0. The zero-order chi connectivity index (χ0) is 4.28. The van der Waals surface area contributed by atoms with E-state index in [1.54, 1.807) is 0 Å². The SMILES string of the molecule is OON(O)O. The fourth-order valence-electron chi connectivity index (χ4n) is 0. The Morgan fingerprint density at radius 3 is 1.60 bits per heavy atom. The van der Waals surface area contributed by atoms with E-state index in [9.17, 15) is 0 Å². The average molecular weight is 81.0 g/mol. The van der Waals surface area contributed by atoms with Gasteiger partial charge in [0.1, 0.15) is 5.39 Å². The summed E-state index contributed by atoms with van der Waals surface area (Å²) in [7, 11) is 0. The van der Waals surface area contributed by atoms with Crippen LogP contribution in [0.25, 0.3) is 0 Å². The van der Waals surface area contributed by atoms with Crippen LogP contribution in [0.3, 0.4) is 0 Å². The summed E-state index contributed by atoms with van der Waals surface area (Å²) in [6.45, 7) is 0. The molecule has 32 valence electrons. The maximum atomic E-state index is 7.28. The Kier molecular flexibility index (Phi) is 1.98. The molecule has 3 N–H and O–H groups in total. The van der Waals surface area contributed by atoms with Gasteiger partial charge in [-0.3, -0.25) is 10.4 Å². The van der Waals surface area contributed by atoms with Gasteiger partial charge in [-0.2, -0.15) is 0 Å². The van der Waals surface area contributed by atoms with Crippen molar-refractivity contribution in [2.45, 2.75) is 0 Å². The fourth-order valence-corrected chi connectivity index (χ4v) is 0. The van der Waals surface area contributed by atoms with Crippen LogP contribution < -0.4 is 0 Å². The number of hydrogen-bond acceptors (Lipinski definition) is 5. The van der Waals surface area contributed by atoms with Gasteiger partial charge in [0.25, 0.3) is 0 Å². The molecule has 0 aromatic heterocycles. The van der Waals surface area contributed by atoms with Crippen molar-refractivity contribution >= 4 is 0 Å². The highest BCUT2D eigenvalue weighted by Gasteiger charge is 1.80. The van der Waals surface area contributed by atoms with Crippen LogP contribution in [-0.2, 0) is 4.99 Å². The third-order valence-electron chi connectivity index (χ3n) is 0.0730. The highest BCUT2D eigenvalue weighted by atomic mass is 17.3.